The highest BCUT2D eigenvalue weighted by Gasteiger charge is 2.25. The third kappa shape index (κ3) is 8.95. The van der Waals surface area contributed by atoms with Gasteiger partial charge in [-0.25, -0.2) is 5.06 Å². The van der Waals surface area contributed by atoms with Crippen molar-refractivity contribution in [2.45, 2.75) is 84.2 Å². The van der Waals surface area contributed by atoms with E-state index in [1.54, 1.807) is 5.06 Å². The van der Waals surface area contributed by atoms with E-state index in [1.807, 2.05) is 6.92 Å². The van der Waals surface area contributed by atoms with Crippen LogP contribution in [-0.4, -0.2) is 36.6 Å². The Morgan fingerprint density at radius 2 is 1.65 bits per heavy atom. The predicted molar refractivity (Wildman–Crippen MR) is 83.0 cm³/mol. The van der Waals surface area contributed by atoms with Crippen LogP contribution in [0.5, 0.6) is 0 Å². The number of hydrogen-bond donors (Lipinski definition) is 1. The molecule has 5 heteroatoms. The summed E-state index contributed by atoms with van der Waals surface area (Å²) in [5, 5.41) is 11.5. The molecule has 118 valence electrons. The van der Waals surface area contributed by atoms with E-state index in [2.05, 4.69) is 6.92 Å². The summed E-state index contributed by atoms with van der Waals surface area (Å²) in [5.41, 5.74) is 0. The fourth-order valence-electron chi connectivity index (χ4n) is 2.60. The Morgan fingerprint density at radius 1 is 1.05 bits per heavy atom. The van der Waals surface area contributed by atoms with Crippen LogP contribution < -0.4 is 0 Å². The van der Waals surface area contributed by atoms with Gasteiger partial charge in [0.1, 0.15) is 0 Å². The summed E-state index contributed by atoms with van der Waals surface area (Å²) < 4.78 is 10.8. The van der Waals surface area contributed by atoms with Crippen LogP contribution in [0.4, 0.5) is 0 Å². The monoisotopic (exact) mass is 285 g/mol. The number of hydroxylamine groups is 2. The molecule has 0 aromatic carbocycles. The van der Waals surface area contributed by atoms with Crippen LogP contribution in [0, 0.1) is 0 Å². The molecule has 0 amide bonds. The van der Waals surface area contributed by atoms with Crippen molar-refractivity contribution in [3.05, 3.63) is 0 Å². The molecule has 0 spiro atoms. The number of rotatable bonds is 12. The third-order valence-corrected chi connectivity index (χ3v) is 3.87. The molecule has 1 aliphatic heterocycles. The van der Waals surface area contributed by atoms with Crippen LogP contribution >= 0.6 is 0 Å². The number of nitrogens with zero attached hydrogens (tertiary/aromatic N) is 1. The summed E-state index contributed by atoms with van der Waals surface area (Å²) in [6.07, 6.45) is 12.5. The van der Waals surface area contributed by atoms with Gasteiger partial charge in [0, 0.05) is 19.2 Å². The smallest absolute Gasteiger partial charge is 0.401 e. The van der Waals surface area contributed by atoms with Crippen molar-refractivity contribution in [3.63, 3.8) is 0 Å². The molecule has 1 unspecified atom stereocenters. The van der Waals surface area contributed by atoms with Crippen LogP contribution in [0.25, 0.3) is 0 Å². The van der Waals surface area contributed by atoms with Crippen molar-refractivity contribution in [1.29, 1.82) is 0 Å². The van der Waals surface area contributed by atoms with E-state index in [1.165, 1.54) is 44.9 Å². The highest BCUT2D eigenvalue weighted by Crippen LogP contribution is 2.13. The first-order chi connectivity index (χ1) is 9.72. The van der Waals surface area contributed by atoms with Gasteiger partial charge in [0.2, 0.25) is 0 Å². The normalized spacial score (nSPS) is 17.6. The van der Waals surface area contributed by atoms with Crippen molar-refractivity contribution >= 4 is 7.32 Å². The van der Waals surface area contributed by atoms with E-state index in [9.17, 15) is 5.02 Å². The molecular formula is C15H32BNO3. The minimum Gasteiger partial charge on any atom is -0.401 e. The van der Waals surface area contributed by atoms with Crippen LogP contribution in [0.15, 0.2) is 0 Å². The topological polar surface area (TPSA) is 41.9 Å². The average Bonchev–Trinajstić information content (AvgIpc) is 2.90. The van der Waals surface area contributed by atoms with Gasteiger partial charge in [-0.2, -0.15) is 0 Å². The molecule has 0 aromatic rings. The Morgan fingerprint density at radius 3 is 2.30 bits per heavy atom. The van der Waals surface area contributed by atoms with E-state index >= 15 is 0 Å². The largest absolute Gasteiger partial charge is 0.654 e. The van der Waals surface area contributed by atoms with E-state index in [0.717, 1.165) is 32.4 Å². The van der Waals surface area contributed by atoms with Crippen molar-refractivity contribution in [1.82, 2.24) is 5.06 Å². The molecule has 1 atom stereocenters. The van der Waals surface area contributed by atoms with Gasteiger partial charge in [-0.1, -0.05) is 51.9 Å². The second kappa shape index (κ2) is 11.6. The summed E-state index contributed by atoms with van der Waals surface area (Å²) in [6.45, 7) is 6.04. The van der Waals surface area contributed by atoms with Crippen molar-refractivity contribution < 1.29 is 14.4 Å². The summed E-state index contributed by atoms with van der Waals surface area (Å²) in [5.74, 6) is 0. The Labute approximate surface area is 125 Å². The van der Waals surface area contributed by atoms with Gasteiger partial charge >= 0.3 is 7.32 Å². The zero-order valence-electron chi connectivity index (χ0n) is 13.4. The van der Waals surface area contributed by atoms with E-state index in [-0.39, 0.29) is 6.10 Å². The molecule has 20 heavy (non-hydrogen) atoms. The molecule has 1 heterocycles. The summed E-state index contributed by atoms with van der Waals surface area (Å²) in [6, 6.07) is 0. The van der Waals surface area contributed by atoms with Gasteiger partial charge in [-0.3, -0.25) is 4.76 Å². The zero-order valence-corrected chi connectivity index (χ0v) is 13.4. The lowest BCUT2D eigenvalue weighted by Gasteiger charge is -2.20. The van der Waals surface area contributed by atoms with Gasteiger partial charge < -0.3 is 9.68 Å². The molecule has 0 bridgehead atoms. The van der Waals surface area contributed by atoms with Crippen molar-refractivity contribution in [2.75, 3.05) is 13.1 Å². The third-order valence-electron chi connectivity index (χ3n) is 3.87. The van der Waals surface area contributed by atoms with Crippen LogP contribution in [0.1, 0.15) is 78.1 Å². The lowest BCUT2D eigenvalue weighted by atomic mass is 10.1. The quantitative estimate of drug-likeness (QED) is 0.440. The SMILES string of the molecule is CCCCCCCCCC(C)OB(O)ON1CCCC1. The van der Waals surface area contributed by atoms with Gasteiger partial charge in [-0.05, 0) is 26.2 Å². The minimum atomic E-state index is -1.10. The molecule has 1 rings (SSSR count). The Bertz CT molecular complexity index is 225. The molecule has 0 saturated carbocycles. The molecule has 1 saturated heterocycles. The van der Waals surface area contributed by atoms with Gasteiger partial charge in [0.15, 0.2) is 0 Å². The van der Waals surface area contributed by atoms with E-state index in [4.69, 9.17) is 9.41 Å². The summed E-state index contributed by atoms with van der Waals surface area (Å²) in [4.78, 5) is 0. The highest BCUT2D eigenvalue weighted by atomic mass is 16.8. The molecular weight excluding hydrogens is 253 g/mol. The van der Waals surface area contributed by atoms with Gasteiger partial charge in [-0.15, -0.1) is 0 Å². The summed E-state index contributed by atoms with van der Waals surface area (Å²) in [7, 11) is -1.10. The average molecular weight is 285 g/mol. The Kier molecular flexibility index (Phi) is 10.4. The molecule has 1 aliphatic rings. The number of hydrogen-bond acceptors (Lipinski definition) is 4. The van der Waals surface area contributed by atoms with Crippen LogP contribution in [-0.2, 0) is 9.41 Å². The molecule has 0 aromatic heterocycles. The fraction of sp³-hybridized carbons (Fsp3) is 1.00. The van der Waals surface area contributed by atoms with Crippen molar-refractivity contribution in [2.24, 2.45) is 0 Å². The maximum atomic E-state index is 9.69. The lowest BCUT2D eigenvalue weighted by Crippen LogP contribution is -2.35. The second-order valence-corrected chi connectivity index (χ2v) is 5.91. The van der Waals surface area contributed by atoms with Crippen molar-refractivity contribution in [3.8, 4) is 0 Å². The number of unbranched alkanes of at least 4 members (excludes halogenated alkanes) is 6. The highest BCUT2D eigenvalue weighted by molar-refractivity contribution is 6.34. The molecule has 0 aliphatic carbocycles. The molecule has 4 nitrogen and oxygen atoms in total. The second-order valence-electron chi connectivity index (χ2n) is 5.91. The van der Waals surface area contributed by atoms with E-state index < -0.39 is 7.32 Å². The fourth-order valence-corrected chi connectivity index (χ4v) is 2.60. The first-order valence-electron chi connectivity index (χ1n) is 8.47. The maximum Gasteiger partial charge on any atom is 0.654 e. The lowest BCUT2D eigenvalue weighted by molar-refractivity contribution is -0.0900. The molecule has 0 radical (unpaired) electrons. The predicted octanol–water partition coefficient (Wildman–Crippen LogP) is 3.54. The van der Waals surface area contributed by atoms with Gasteiger partial charge in [0.25, 0.3) is 0 Å². The minimum absolute atomic E-state index is 0.0586. The molecule has 1 fully saturated rings. The van der Waals surface area contributed by atoms with Gasteiger partial charge in [0.05, 0.1) is 0 Å². The summed E-state index contributed by atoms with van der Waals surface area (Å²) >= 11 is 0. The molecule has 1 N–H and O–H groups in total. The van der Waals surface area contributed by atoms with Crippen LogP contribution in [0.3, 0.4) is 0 Å². The van der Waals surface area contributed by atoms with Crippen LogP contribution in [0.2, 0.25) is 0 Å². The first-order valence-corrected chi connectivity index (χ1v) is 8.47. The first kappa shape index (κ1) is 18.0. The standard InChI is InChI=1S/C15H32BNO3/c1-3-4-5-6-7-8-9-12-15(2)19-16(18)20-17-13-10-11-14-17/h15,18H,3-14H2,1-2H3. The van der Waals surface area contributed by atoms with E-state index in [0.29, 0.717) is 0 Å². The maximum absolute atomic E-state index is 9.69. The Hall–Kier alpha value is -0.0951. The Balaban J connectivity index is 1.92. The zero-order chi connectivity index (χ0) is 14.6.